The molecule has 0 saturated heterocycles. The Hall–Kier alpha value is -2.34. The molecule has 1 saturated carbocycles. The third kappa shape index (κ3) is 4.33. The standard InChI is InChI=1S/C20H24ClN3O3/c1-13(2)16-8-17(27-24-16)19(26)23-15-9-20(10-15,12-22-18(25)11-21)14-6-4-3-5-7-14/h3-8,13,15H,9-12H2,1-2H3,(H,22,25)(H,23,26). The molecule has 0 aliphatic heterocycles. The molecule has 0 atom stereocenters. The van der Waals surface area contributed by atoms with Crippen molar-refractivity contribution in [3.8, 4) is 0 Å². The van der Waals surface area contributed by atoms with Gasteiger partial charge in [0.1, 0.15) is 5.88 Å². The molecule has 0 spiro atoms. The fourth-order valence-corrected chi connectivity index (χ4v) is 3.59. The van der Waals surface area contributed by atoms with E-state index >= 15 is 0 Å². The van der Waals surface area contributed by atoms with Crippen molar-refractivity contribution >= 4 is 23.4 Å². The molecule has 2 amide bonds. The predicted octanol–water partition coefficient (Wildman–Crippen LogP) is 2.98. The van der Waals surface area contributed by atoms with E-state index in [0.717, 1.165) is 24.1 Å². The van der Waals surface area contributed by atoms with E-state index in [1.807, 2.05) is 32.0 Å². The van der Waals surface area contributed by atoms with Crippen LogP contribution in [0.2, 0.25) is 0 Å². The molecule has 1 heterocycles. The molecule has 6 nitrogen and oxygen atoms in total. The van der Waals surface area contributed by atoms with Gasteiger partial charge in [-0.15, -0.1) is 11.6 Å². The minimum Gasteiger partial charge on any atom is -0.354 e. The molecule has 3 rings (SSSR count). The third-order valence-electron chi connectivity index (χ3n) is 5.08. The van der Waals surface area contributed by atoms with Crippen LogP contribution in [0, 0.1) is 0 Å². The van der Waals surface area contributed by atoms with Crippen LogP contribution < -0.4 is 10.6 Å². The van der Waals surface area contributed by atoms with E-state index in [9.17, 15) is 9.59 Å². The van der Waals surface area contributed by atoms with Gasteiger partial charge in [-0.1, -0.05) is 49.3 Å². The zero-order valence-corrected chi connectivity index (χ0v) is 16.3. The largest absolute Gasteiger partial charge is 0.354 e. The third-order valence-corrected chi connectivity index (χ3v) is 5.33. The summed E-state index contributed by atoms with van der Waals surface area (Å²) in [5, 5.41) is 9.81. The average Bonchev–Trinajstić information content (AvgIpc) is 3.14. The predicted molar refractivity (Wildman–Crippen MR) is 103 cm³/mol. The molecule has 2 aromatic rings. The Kier molecular flexibility index (Phi) is 5.85. The van der Waals surface area contributed by atoms with Crippen LogP contribution in [0.3, 0.4) is 0 Å². The number of hydrogen-bond acceptors (Lipinski definition) is 4. The number of amides is 2. The zero-order valence-electron chi connectivity index (χ0n) is 15.5. The normalized spacial score (nSPS) is 21.6. The molecule has 1 aromatic heterocycles. The molecular formula is C20H24ClN3O3. The molecule has 1 aromatic carbocycles. The van der Waals surface area contributed by atoms with Gasteiger partial charge < -0.3 is 15.2 Å². The fourth-order valence-electron chi connectivity index (χ4n) is 3.50. The van der Waals surface area contributed by atoms with Gasteiger partial charge in [0, 0.05) is 24.1 Å². The molecule has 144 valence electrons. The van der Waals surface area contributed by atoms with Crippen LogP contribution in [0.1, 0.15) is 54.4 Å². The number of nitrogens with zero attached hydrogens (tertiary/aromatic N) is 1. The first-order valence-corrected chi connectivity index (χ1v) is 9.62. The first-order valence-electron chi connectivity index (χ1n) is 9.09. The van der Waals surface area contributed by atoms with E-state index in [4.69, 9.17) is 16.1 Å². The molecule has 7 heteroatoms. The van der Waals surface area contributed by atoms with Crippen molar-refractivity contribution in [2.75, 3.05) is 12.4 Å². The highest BCUT2D eigenvalue weighted by Gasteiger charge is 2.46. The van der Waals surface area contributed by atoms with Crippen molar-refractivity contribution in [3.05, 3.63) is 53.4 Å². The van der Waals surface area contributed by atoms with Crippen LogP contribution in [0.5, 0.6) is 0 Å². The smallest absolute Gasteiger partial charge is 0.290 e. The van der Waals surface area contributed by atoms with E-state index in [0.29, 0.717) is 6.54 Å². The highest BCUT2D eigenvalue weighted by molar-refractivity contribution is 6.27. The molecule has 1 aliphatic carbocycles. The lowest BCUT2D eigenvalue weighted by Crippen LogP contribution is -2.57. The number of aromatic nitrogens is 1. The fraction of sp³-hybridized carbons (Fsp3) is 0.450. The van der Waals surface area contributed by atoms with Crippen LogP contribution in [-0.2, 0) is 10.2 Å². The number of hydrogen-bond donors (Lipinski definition) is 2. The topological polar surface area (TPSA) is 84.2 Å². The average molecular weight is 390 g/mol. The molecule has 0 radical (unpaired) electrons. The Morgan fingerprint density at radius 2 is 2.00 bits per heavy atom. The van der Waals surface area contributed by atoms with Crippen molar-refractivity contribution in [2.45, 2.75) is 44.1 Å². The maximum Gasteiger partial charge on any atom is 0.290 e. The van der Waals surface area contributed by atoms with Crippen molar-refractivity contribution in [3.63, 3.8) is 0 Å². The second-order valence-corrected chi connectivity index (χ2v) is 7.67. The van der Waals surface area contributed by atoms with Crippen LogP contribution in [0.25, 0.3) is 0 Å². The maximum absolute atomic E-state index is 12.4. The highest BCUT2D eigenvalue weighted by Crippen LogP contribution is 2.43. The lowest BCUT2D eigenvalue weighted by atomic mass is 9.61. The lowest BCUT2D eigenvalue weighted by Gasteiger charge is -2.48. The molecule has 2 N–H and O–H groups in total. The number of rotatable bonds is 7. The SMILES string of the molecule is CC(C)c1cc(C(=O)NC2CC(CNC(=O)CCl)(c3ccccc3)C2)on1. The van der Waals surface area contributed by atoms with E-state index in [2.05, 4.69) is 27.9 Å². The molecule has 1 aliphatic rings. The second kappa shape index (κ2) is 8.13. The maximum atomic E-state index is 12.4. The number of alkyl halides is 1. The second-order valence-electron chi connectivity index (χ2n) is 7.41. The summed E-state index contributed by atoms with van der Waals surface area (Å²) in [6.45, 7) is 4.48. The van der Waals surface area contributed by atoms with Crippen molar-refractivity contribution in [1.29, 1.82) is 0 Å². The zero-order chi connectivity index (χ0) is 19.4. The first-order chi connectivity index (χ1) is 12.9. The van der Waals surface area contributed by atoms with Gasteiger partial charge in [-0.05, 0) is 24.3 Å². The number of carbonyl (C=O) groups is 2. The Labute approximate surface area is 163 Å². The molecule has 0 unspecified atom stereocenters. The van der Waals surface area contributed by atoms with Gasteiger partial charge in [0.2, 0.25) is 11.7 Å². The molecule has 0 bridgehead atoms. The summed E-state index contributed by atoms with van der Waals surface area (Å²) in [5.74, 6) is -0.0795. The molecular weight excluding hydrogens is 366 g/mol. The quantitative estimate of drug-likeness (QED) is 0.713. The van der Waals surface area contributed by atoms with Gasteiger partial charge in [-0.2, -0.15) is 0 Å². The van der Waals surface area contributed by atoms with Crippen LogP contribution in [-0.4, -0.2) is 35.4 Å². The monoisotopic (exact) mass is 389 g/mol. The lowest BCUT2D eigenvalue weighted by molar-refractivity contribution is -0.119. The molecule has 1 fully saturated rings. The van der Waals surface area contributed by atoms with Crippen LogP contribution in [0.15, 0.2) is 40.9 Å². The summed E-state index contributed by atoms with van der Waals surface area (Å²) < 4.78 is 5.15. The Morgan fingerprint density at radius 3 is 2.59 bits per heavy atom. The number of benzene rings is 1. The van der Waals surface area contributed by atoms with E-state index in [1.54, 1.807) is 6.07 Å². The van der Waals surface area contributed by atoms with E-state index in [1.165, 1.54) is 0 Å². The van der Waals surface area contributed by atoms with Crippen molar-refractivity contribution < 1.29 is 14.1 Å². The van der Waals surface area contributed by atoms with Gasteiger partial charge in [0.15, 0.2) is 0 Å². The summed E-state index contributed by atoms with van der Waals surface area (Å²) in [7, 11) is 0. The van der Waals surface area contributed by atoms with Gasteiger partial charge >= 0.3 is 0 Å². The summed E-state index contributed by atoms with van der Waals surface area (Å²) in [6, 6.07) is 11.7. The summed E-state index contributed by atoms with van der Waals surface area (Å²) in [5.41, 5.74) is 1.70. The molecule has 27 heavy (non-hydrogen) atoms. The van der Waals surface area contributed by atoms with Gasteiger partial charge in [0.25, 0.3) is 5.91 Å². The Morgan fingerprint density at radius 1 is 1.30 bits per heavy atom. The van der Waals surface area contributed by atoms with E-state index in [-0.39, 0.29) is 40.8 Å². The number of halogens is 1. The number of nitrogens with one attached hydrogen (secondary N) is 2. The van der Waals surface area contributed by atoms with Crippen LogP contribution >= 0.6 is 11.6 Å². The summed E-state index contributed by atoms with van der Waals surface area (Å²) in [6.07, 6.45) is 1.47. The van der Waals surface area contributed by atoms with Gasteiger partial charge in [0.05, 0.1) is 5.69 Å². The minimum atomic E-state index is -0.258. The van der Waals surface area contributed by atoms with Crippen LogP contribution in [0.4, 0.5) is 0 Å². The summed E-state index contributed by atoms with van der Waals surface area (Å²) in [4.78, 5) is 24.0. The van der Waals surface area contributed by atoms with Crippen molar-refractivity contribution in [1.82, 2.24) is 15.8 Å². The van der Waals surface area contributed by atoms with Crippen molar-refractivity contribution in [2.24, 2.45) is 0 Å². The minimum absolute atomic E-state index is 0.0122. The van der Waals surface area contributed by atoms with Gasteiger partial charge in [-0.3, -0.25) is 9.59 Å². The number of carbonyl (C=O) groups excluding carboxylic acids is 2. The van der Waals surface area contributed by atoms with Gasteiger partial charge in [-0.25, -0.2) is 0 Å². The first kappa shape index (κ1) is 19.4. The summed E-state index contributed by atoms with van der Waals surface area (Å²) >= 11 is 5.59. The van der Waals surface area contributed by atoms with E-state index < -0.39 is 0 Å². The Balaban J connectivity index is 1.64. The Bertz CT molecular complexity index is 798. The highest BCUT2D eigenvalue weighted by atomic mass is 35.5.